The van der Waals surface area contributed by atoms with E-state index >= 15 is 0 Å². The first-order chi connectivity index (χ1) is 13.2. The molecule has 0 aliphatic heterocycles. The Labute approximate surface area is 157 Å². The van der Waals surface area contributed by atoms with Crippen LogP contribution < -0.4 is 9.47 Å². The van der Waals surface area contributed by atoms with Crippen LogP contribution in [-0.2, 0) is 18.0 Å². The third-order valence-electron chi connectivity index (χ3n) is 3.89. The highest BCUT2D eigenvalue weighted by molar-refractivity contribution is 5.90. The van der Waals surface area contributed by atoms with E-state index < -0.39 is 11.8 Å². The van der Waals surface area contributed by atoms with E-state index in [2.05, 4.69) is 4.74 Å². The number of carbonyl (C=O) groups is 1. The second-order valence-electron chi connectivity index (χ2n) is 5.83. The van der Waals surface area contributed by atoms with E-state index in [1.807, 2.05) is 60.7 Å². The highest BCUT2D eigenvalue weighted by atomic mass is 19.1. The van der Waals surface area contributed by atoms with Crippen LogP contribution >= 0.6 is 0 Å². The van der Waals surface area contributed by atoms with Gasteiger partial charge in [-0.3, -0.25) is 0 Å². The van der Waals surface area contributed by atoms with E-state index in [1.165, 1.54) is 13.2 Å². The van der Waals surface area contributed by atoms with Crippen LogP contribution in [0.5, 0.6) is 11.5 Å². The molecule has 0 aromatic heterocycles. The van der Waals surface area contributed by atoms with E-state index in [9.17, 15) is 9.18 Å². The fourth-order valence-electron chi connectivity index (χ4n) is 2.52. The fraction of sp³-hybridized carbons (Fsp3) is 0.136. The number of halogens is 1. The summed E-state index contributed by atoms with van der Waals surface area (Å²) in [6, 6.07) is 21.4. The van der Waals surface area contributed by atoms with Crippen LogP contribution in [-0.4, -0.2) is 13.1 Å². The Hall–Kier alpha value is -3.34. The monoisotopic (exact) mass is 366 g/mol. The van der Waals surface area contributed by atoms with E-state index in [4.69, 9.17) is 9.47 Å². The predicted octanol–water partition coefficient (Wildman–Crippen LogP) is 4.77. The summed E-state index contributed by atoms with van der Waals surface area (Å²) in [7, 11) is 1.24. The molecule has 0 N–H and O–H groups in total. The van der Waals surface area contributed by atoms with Crippen molar-refractivity contribution in [2.75, 3.05) is 7.11 Å². The van der Waals surface area contributed by atoms with Gasteiger partial charge in [-0.05, 0) is 23.3 Å². The number of hydrogen-bond acceptors (Lipinski definition) is 4. The topological polar surface area (TPSA) is 44.8 Å². The molecule has 0 spiro atoms. The maximum absolute atomic E-state index is 14.6. The first-order valence-electron chi connectivity index (χ1n) is 8.42. The second kappa shape index (κ2) is 8.85. The molecule has 3 rings (SSSR count). The Morgan fingerprint density at radius 3 is 1.96 bits per heavy atom. The molecule has 4 nitrogen and oxygen atoms in total. The van der Waals surface area contributed by atoms with Crippen molar-refractivity contribution in [1.29, 1.82) is 0 Å². The molecule has 0 amide bonds. The molecule has 138 valence electrons. The minimum Gasteiger partial charge on any atom is -0.485 e. The van der Waals surface area contributed by atoms with Crippen LogP contribution in [0.15, 0.2) is 72.8 Å². The maximum Gasteiger partial charge on any atom is 0.338 e. The summed E-state index contributed by atoms with van der Waals surface area (Å²) in [4.78, 5) is 11.8. The smallest absolute Gasteiger partial charge is 0.338 e. The van der Waals surface area contributed by atoms with Crippen molar-refractivity contribution >= 4 is 5.97 Å². The van der Waals surface area contributed by atoms with Crippen LogP contribution in [0.3, 0.4) is 0 Å². The maximum atomic E-state index is 14.6. The minimum atomic E-state index is -0.683. The summed E-state index contributed by atoms with van der Waals surface area (Å²) in [6.45, 7) is 0.392. The minimum absolute atomic E-state index is 0.0394. The Morgan fingerprint density at radius 2 is 1.41 bits per heavy atom. The number of methoxy groups -OCH3 is 1. The summed E-state index contributed by atoms with van der Waals surface area (Å²) in [5.41, 5.74) is 1.86. The van der Waals surface area contributed by atoms with Gasteiger partial charge in [-0.1, -0.05) is 60.7 Å². The molecule has 0 atom stereocenters. The van der Waals surface area contributed by atoms with Gasteiger partial charge in [0.05, 0.1) is 12.7 Å². The molecule has 0 radical (unpaired) electrons. The third-order valence-corrected chi connectivity index (χ3v) is 3.89. The molecular weight excluding hydrogens is 347 g/mol. The average Bonchev–Trinajstić information content (AvgIpc) is 2.72. The van der Waals surface area contributed by atoms with Crippen molar-refractivity contribution in [3.05, 3.63) is 95.3 Å². The lowest BCUT2D eigenvalue weighted by Crippen LogP contribution is -2.07. The standard InChI is InChI=1S/C22H19FO4/c1-25-22(24)18-12-19(23)21(27-15-17-10-6-3-7-11-17)20(13-18)26-14-16-8-4-2-5-9-16/h2-13H,14-15H2,1H3. The molecule has 0 bridgehead atoms. The highest BCUT2D eigenvalue weighted by Crippen LogP contribution is 2.33. The Bertz CT molecular complexity index is 895. The summed E-state index contributed by atoms with van der Waals surface area (Å²) in [6.07, 6.45) is 0. The zero-order valence-corrected chi connectivity index (χ0v) is 14.9. The van der Waals surface area contributed by atoms with Gasteiger partial charge >= 0.3 is 5.97 Å². The lowest BCUT2D eigenvalue weighted by Gasteiger charge is -2.15. The van der Waals surface area contributed by atoms with Crippen LogP contribution in [0.25, 0.3) is 0 Å². The van der Waals surface area contributed by atoms with Gasteiger partial charge in [0.15, 0.2) is 17.3 Å². The van der Waals surface area contributed by atoms with Crippen molar-refractivity contribution < 1.29 is 23.4 Å². The molecular formula is C22H19FO4. The van der Waals surface area contributed by atoms with Gasteiger partial charge in [-0.2, -0.15) is 0 Å². The first kappa shape index (κ1) is 18.5. The molecule has 3 aromatic rings. The van der Waals surface area contributed by atoms with Crippen molar-refractivity contribution in [2.45, 2.75) is 13.2 Å². The van der Waals surface area contributed by atoms with Crippen molar-refractivity contribution in [3.63, 3.8) is 0 Å². The largest absolute Gasteiger partial charge is 0.485 e. The molecule has 0 unspecified atom stereocenters. The molecule has 0 saturated heterocycles. The SMILES string of the molecule is COC(=O)c1cc(F)c(OCc2ccccc2)c(OCc2ccccc2)c1. The molecule has 3 aromatic carbocycles. The number of carbonyl (C=O) groups excluding carboxylic acids is 1. The zero-order chi connectivity index (χ0) is 19.1. The van der Waals surface area contributed by atoms with Gasteiger partial charge in [0.1, 0.15) is 13.2 Å². The molecule has 0 heterocycles. The Kier molecular flexibility index (Phi) is 6.05. The van der Waals surface area contributed by atoms with Gasteiger partial charge in [0, 0.05) is 0 Å². The molecule has 0 saturated carbocycles. The number of hydrogen-bond donors (Lipinski definition) is 0. The normalized spacial score (nSPS) is 10.3. The predicted molar refractivity (Wildman–Crippen MR) is 99.3 cm³/mol. The quantitative estimate of drug-likeness (QED) is 0.565. The lowest BCUT2D eigenvalue weighted by molar-refractivity contribution is 0.0599. The summed E-state index contributed by atoms with van der Waals surface area (Å²) < 4.78 is 30.7. The summed E-state index contributed by atoms with van der Waals surface area (Å²) in [5, 5.41) is 0. The summed E-state index contributed by atoms with van der Waals surface area (Å²) in [5.74, 6) is -1.22. The average molecular weight is 366 g/mol. The molecule has 0 aliphatic carbocycles. The van der Waals surface area contributed by atoms with E-state index in [1.54, 1.807) is 0 Å². The summed E-state index contributed by atoms with van der Waals surface area (Å²) >= 11 is 0. The third kappa shape index (κ3) is 4.85. The van der Waals surface area contributed by atoms with E-state index in [-0.39, 0.29) is 30.3 Å². The molecule has 27 heavy (non-hydrogen) atoms. The fourth-order valence-corrected chi connectivity index (χ4v) is 2.52. The number of benzene rings is 3. The zero-order valence-electron chi connectivity index (χ0n) is 14.9. The van der Waals surface area contributed by atoms with E-state index in [0.717, 1.165) is 17.2 Å². The van der Waals surface area contributed by atoms with Crippen LogP contribution in [0.4, 0.5) is 4.39 Å². The van der Waals surface area contributed by atoms with Gasteiger partial charge in [0.2, 0.25) is 0 Å². The molecule has 5 heteroatoms. The highest BCUT2D eigenvalue weighted by Gasteiger charge is 2.18. The lowest BCUT2D eigenvalue weighted by atomic mass is 10.2. The number of rotatable bonds is 7. The van der Waals surface area contributed by atoms with Crippen molar-refractivity contribution in [1.82, 2.24) is 0 Å². The Morgan fingerprint density at radius 1 is 0.852 bits per heavy atom. The molecule has 0 fully saturated rings. The van der Waals surface area contributed by atoms with Crippen molar-refractivity contribution in [2.24, 2.45) is 0 Å². The Balaban J connectivity index is 1.86. The first-order valence-corrected chi connectivity index (χ1v) is 8.42. The van der Waals surface area contributed by atoms with Gasteiger partial charge in [-0.15, -0.1) is 0 Å². The molecule has 0 aliphatic rings. The van der Waals surface area contributed by atoms with Gasteiger partial charge in [-0.25, -0.2) is 9.18 Å². The van der Waals surface area contributed by atoms with Crippen LogP contribution in [0.2, 0.25) is 0 Å². The van der Waals surface area contributed by atoms with Crippen molar-refractivity contribution in [3.8, 4) is 11.5 Å². The van der Waals surface area contributed by atoms with Gasteiger partial charge in [0.25, 0.3) is 0 Å². The van der Waals surface area contributed by atoms with Gasteiger partial charge < -0.3 is 14.2 Å². The van der Waals surface area contributed by atoms with Crippen LogP contribution in [0.1, 0.15) is 21.5 Å². The second-order valence-corrected chi connectivity index (χ2v) is 5.83. The number of ether oxygens (including phenoxy) is 3. The van der Waals surface area contributed by atoms with Crippen LogP contribution in [0, 0.1) is 5.82 Å². The van der Waals surface area contributed by atoms with E-state index in [0.29, 0.717) is 0 Å². The number of esters is 1.